The van der Waals surface area contributed by atoms with Gasteiger partial charge in [0, 0.05) is 11.8 Å². The molecule has 1 heterocycles. The van der Waals surface area contributed by atoms with E-state index < -0.39 is 0 Å². The fourth-order valence-corrected chi connectivity index (χ4v) is 2.16. The summed E-state index contributed by atoms with van der Waals surface area (Å²) in [6, 6.07) is 11.5. The van der Waals surface area contributed by atoms with Gasteiger partial charge in [0.15, 0.2) is 0 Å². The molecule has 2 aromatic rings. The number of rotatable bonds is 5. The number of aryl methyl sites for hydroxylation is 1. The highest BCUT2D eigenvalue weighted by molar-refractivity contribution is 5.60. The van der Waals surface area contributed by atoms with Crippen LogP contribution in [0.5, 0.6) is 0 Å². The fourth-order valence-electron chi connectivity index (χ4n) is 2.16. The minimum atomic E-state index is -0.387. The largest absolute Gasteiger partial charge is 0.358 e. The van der Waals surface area contributed by atoms with Gasteiger partial charge in [-0.2, -0.15) is 0 Å². The molecule has 0 bridgehead atoms. The molecule has 0 saturated heterocycles. The predicted octanol–water partition coefficient (Wildman–Crippen LogP) is 3.86. The number of nitrogens with one attached hydrogen (secondary N) is 1. The van der Waals surface area contributed by atoms with E-state index in [4.69, 9.17) is 0 Å². The molecule has 5 heteroatoms. The van der Waals surface area contributed by atoms with Crippen molar-refractivity contribution in [3.63, 3.8) is 0 Å². The van der Waals surface area contributed by atoms with Gasteiger partial charge in [0.1, 0.15) is 0 Å². The molecule has 1 unspecified atom stereocenters. The summed E-state index contributed by atoms with van der Waals surface area (Å²) in [5.74, 6) is 0.325. The van der Waals surface area contributed by atoms with Crippen molar-refractivity contribution >= 4 is 11.5 Å². The molecule has 1 N–H and O–H groups in total. The zero-order valence-electron chi connectivity index (χ0n) is 11.5. The minimum Gasteiger partial charge on any atom is -0.358 e. The summed E-state index contributed by atoms with van der Waals surface area (Å²) in [6.07, 6.45) is 2.40. The SMILES string of the molecule is CCC(Nc1nccc(C)c1[N+](=O)[O-])c1ccccc1. The first-order valence-corrected chi connectivity index (χ1v) is 6.55. The van der Waals surface area contributed by atoms with Gasteiger partial charge in [0.2, 0.25) is 5.82 Å². The van der Waals surface area contributed by atoms with E-state index in [2.05, 4.69) is 10.3 Å². The van der Waals surface area contributed by atoms with Gasteiger partial charge in [-0.05, 0) is 25.0 Å². The van der Waals surface area contributed by atoms with Crippen LogP contribution in [0, 0.1) is 17.0 Å². The maximum Gasteiger partial charge on any atom is 0.314 e. The average molecular weight is 271 g/mol. The van der Waals surface area contributed by atoms with Crippen LogP contribution in [-0.4, -0.2) is 9.91 Å². The number of anilines is 1. The van der Waals surface area contributed by atoms with E-state index in [1.807, 2.05) is 37.3 Å². The molecule has 0 fully saturated rings. The van der Waals surface area contributed by atoms with Gasteiger partial charge in [-0.25, -0.2) is 4.98 Å². The quantitative estimate of drug-likeness (QED) is 0.662. The highest BCUT2D eigenvalue weighted by Crippen LogP contribution is 2.29. The number of hydrogen-bond acceptors (Lipinski definition) is 4. The Morgan fingerprint density at radius 1 is 1.30 bits per heavy atom. The standard InChI is InChI=1S/C15H17N3O2/c1-3-13(12-7-5-4-6-8-12)17-15-14(18(19)20)11(2)9-10-16-15/h4-10,13H,3H2,1-2H3,(H,16,17). The molecule has 1 aromatic carbocycles. The van der Waals surface area contributed by atoms with E-state index in [-0.39, 0.29) is 16.7 Å². The highest BCUT2D eigenvalue weighted by Gasteiger charge is 2.21. The molecule has 0 spiro atoms. The second-order valence-corrected chi connectivity index (χ2v) is 4.60. The van der Waals surface area contributed by atoms with Gasteiger partial charge in [-0.1, -0.05) is 37.3 Å². The van der Waals surface area contributed by atoms with Gasteiger partial charge < -0.3 is 5.32 Å². The molecule has 2 rings (SSSR count). The summed E-state index contributed by atoms with van der Waals surface area (Å²) in [5, 5.41) is 14.4. The summed E-state index contributed by atoms with van der Waals surface area (Å²) in [5.41, 5.74) is 1.74. The summed E-state index contributed by atoms with van der Waals surface area (Å²) in [6.45, 7) is 3.75. The lowest BCUT2D eigenvalue weighted by molar-refractivity contribution is -0.384. The molecular formula is C15H17N3O2. The van der Waals surface area contributed by atoms with Crippen LogP contribution in [0.15, 0.2) is 42.6 Å². The Labute approximate surface area is 117 Å². The maximum atomic E-state index is 11.2. The third kappa shape index (κ3) is 2.93. The van der Waals surface area contributed by atoms with Crippen molar-refractivity contribution in [2.45, 2.75) is 26.3 Å². The Balaban J connectivity index is 2.33. The number of pyridine rings is 1. The Bertz CT molecular complexity index is 599. The summed E-state index contributed by atoms with van der Waals surface area (Å²) in [7, 11) is 0. The number of nitro groups is 1. The smallest absolute Gasteiger partial charge is 0.314 e. The number of aromatic nitrogens is 1. The molecule has 0 aliphatic rings. The Morgan fingerprint density at radius 2 is 2.00 bits per heavy atom. The van der Waals surface area contributed by atoms with Gasteiger partial charge in [0.25, 0.3) is 0 Å². The first-order chi connectivity index (χ1) is 9.63. The van der Waals surface area contributed by atoms with E-state index in [9.17, 15) is 10.1 Å². The van der Waals surface area contributed by atoms with E-state index in [1.165, 1.54) is 0 Å². The molecule has 0 radical (unpaired) electrons. The van der Waals surface area contributed by atoms with Gasteiger partial charge in [-0.3, -0.25) is 10.1 Å². The molecule has 0 aliphatic carbocycles. The monoisotopic (exact) mass is 271 g/mol. The second kappa shape index (κ2) is 6.14. The first kappa shape index (κ1) is 14.0. The molecule has 0 saturated carbocycles. The molecule has 1 aromatic heterocycles. The zero-order valence-corrected chi connectivity index (χ0v) is 11.5. The number of hydrogen-bond donors (Lipinski definition) is 1. The van der Waals surface area contributed by atoms with E-state index >= 15 is 0 Å². The predicted molar refractivity (Wildman–Crippen MR) is 78.7 cm³/mol. The third-order valence-electron chi connectivity index (χ3n) is 3.23. The van der Waals surface area contributed by atoms with Crippen LogP contribution in [0.1, 0.15) is 30.5 Å². The second-order valence-electron chi connectivity index (χ2n) is 4.60. The van der Waals surface area contributed by atoms with Gasteiger partial charge in [0.05, 0.1) is 11.0 Å². The first-order valence-electron chi connectivity index (χ1n) is 6.55. The number of benzene rings is 1. The van der Waals surface area contributed by atoms with Crippen LogP contribution < -0.4 is 5.32 Å². The third-order valence-corrected chi connectivity index (χ3v) is 3.23. The van der Waals surface area contributed by atoms with Crippen LogP contribution in [0.3, 0.4) is 0 Å². The lowest BCUT2D eigenvalue weighted by Crippen LogP contribution is -2.12. The molecular weight excluding hydrogens is 254 g/mol. The van der Waals surface area contributed by atoms with E-state index in [0.717, 1.165) is 12.0 Å². The molecule has 0 amide bonds. The Kier molecular flexibility index (Phi) is 4.30. The minimum absolute atomic E-state index is 0.00389. The lowest BCUT2D eigenvalue weighted by atomic mass is 10.0. The normalized spacial score (nSPS) is 11.9. The zero-order chi connectivity index (χ0) is 14.5. The summed E-state index contributed by atoms with van der Waals surface area (Å²) >= 11 is 0. The van der Waals surface area contributed by atoms with E-state index in [1.54, 1.807) is 19.2 Å². The van der Waals surface area contributed by atoms with E-state index in [0.29, 0.717) is 11.4 Å². The number of nitrogens with zero attached hydrogens (tertiary/aromatic N) is 2. The maximum absolute atomic E-state index is 11.2. The van der Waals surface area contributed by atoms with Crippen LogP contribution in [0.2, 0.25) is 0 Å². The van der Waals surface area contributed by atoms with Crippen LogP contribution in [0.4, 0.5) is 11.5 Å². The van der Waals surface area contributed by atoms with Gasteiger partial charge >= 0.3 is 5.69 Å². The molecule has 0 aliphatic heterocycles. The summed E-state index contributed by atoms with van der Waals surface area (Å²) < 4.78 is 0. The lowest BCUT2D eigenvalue weighted by Gasteiger charge is -2.18. The van der Waals surface area contributed by atoms with Crippen molar-refractivity contribution in [1.82, 2.24) is 4.98 Å². The van der Waals surface area contributed by atoms with Crippen LogP contribution >= 0.6 is 0 Å². The molecule has 104 valence electrons. The van der Waals surface area contributed by atoms with Crippen LogP contribution in [0.25, 0.3) is 0 Å². The van der Waals surface area contributed by atoms with Crippen molar-refractivity contribution in [1.29, 1.82) is 0 Å². The molecule has 20 heavy (non-hydrogen) atoms. The van der Waals surface area contributed by atoms with Crippen molar-refractivity contribution in [2.24, 2.45) is 0 Å². The van der Waals surface area contributed by atoms with Crippen molar-refractivity contribution in [2.75, 3.05) is 5.32 Å². The van der Waals surface area contributed by atoms with Crippen LogP contribution in [-0.2, 0) is 0 Å². The summed E-state index contributed by atoms with van der Waals surface area (Å²) in [4.78, 5) is 14.9. The fraction of sp³-hybridized carbons (Fsp3) is 0.267. The van der Waals surface area contributed by atoms with Crippen molar-refractivity contribution < 1.29 is 4.92 Å². The van der Waals surface area contributed by atoms with Crippen molar-refractivity contribution in [3.05, 3.63) is 63.8 Å². The Morgan fingerprint density at radius 3 is 2.60 bits per heavy atom. The average Bonchev–Trinajstić information content (AvgIpc) is 2.45. The Hall–Kier alpha value is -2.43. The van der Waals surface area contributed by atoms with Crippen molar-refractivity contribution in [3.8, 4) is 0 Å². The molecule has 5 nitrogen and oxygen atoms in total. The topological polar surface area (TPSA) is 68.1 Å². The molecule has 1 atom stereocenters. The van der Waals surface area contributed by atoms with Gasteiger partial charge in [-0.15, -0.1) is 0 Å². The highest BCUT2D eigenvalue weighted by atomic mass is 16.6.